The molecule has 1 aliphatic rings. The lowest BCUT2D eigenvalue weighted by Gasteiger charge is -2.41. The molecule has 1 heterocycles. The molecule has 0 aliphatic carbocycles. The van der Waals surface area contributed by atoms with E-state index in [0.717, 1.165) is 0 Å². The molecule has 0 aromatic heterocycles. The third-order valence-corrected chi connectivity index (χ3v) is 3.36. The van der Waals surface area contributed by atoms with Gasteiger partial charge in [0.05, 0.1) is 12.6 Å². The number of hydrogen-bond donors (Lipinski definition) is 3. The molecule has 114 valence electrons. The van der Waals surface area contributed by atoms with Crippen LogP contribution in [-0.2, 0) is 9.53 Å². The molecule has 0 spiro atoms. The first kappa shape index (κ1) is 15.2. The van der Waals surface area contributed by atoms with Gasteiger partial charge in [0.15, 0.2) is 5.72 Å². The van der Waals surface area contributed by atoms with Crippen LogP contribution in [0.3, 0.4) is 0 Å². The third kappa shape index (κ3) is 3.13. The number of benzene rings is 1. The fourth-order valence-electron chi connectivity index (χ4n) is 2.44. The molecule has 0 saturated carbocycles. The second-order valence-corrected chi connectivity index (χ2v) is 5.00. The van der Waals surface area contributed by atoms with E-state index in [0.29, 0.717) is 5.56 Å². The minimum Gasteiger partial charge on any atom is -0.466 e. The summed E-state index contributed by atoms with van der Waals surface area (Å²) in [5.74, 6) is -2.14. The number of urea groups is 1. The number of carbonyl (C=O) groups is 2. The normalized spacial score (nSPS) is 28.5. The van der Waals surface area contributed by atoms with E-state index in [4.69, 9.17) is 4.74 Å². The SMILES string of the molecule is CCOC(=O)[C@@H]1[C@@H](c2ccc(F)cc2)NC(=O)N[C@]1(C)O. The lowest BCUT2D eigenvalue weighted by molar-refractivity contribution is -0.162. The Labute approximate surface area is 121 Å². The van der Waals surface area contributed by atoms with Crippen LogP contribution in [-0.4, -0.2) is 29.4 Å². The number of amides is 2. The number of carbonyl (C=O) groups excluding carboxylic acids is 2. The molecule has 3 atom stereocenters. The van der Waals surface area contributed by atoms with Gasteiger partial charge in [0, 0.05) is 0 Å². The minimum absolute atomic E-state index is 0.148. The Morgan fingerprint density at radius 1 is 1.43 bits per heavy atom. The molecule has 1 aliphatic heterocycles. The molecule has 21 heavy (non-hydrogen) atoms. The van der Waals surface area contributed by atoms with Crippen molar-refractivity contribution in [1.29, 1.82) is 0 Å². The van der Waals surface area contributed by atoms with Gasteiger partial charge in [-0.05, 0) is 31.5 Å². The average molecular weight is 296 g/mol. The molecule has 0 radical (unpaired) electrons. The molecule has 2 amide bonds. The predicted molar refractivity (Wildman–Crippen MR) is 71.6 cm³/mol. The van der Waals surface area contributed by atoms with Crippen LogP contribution in [0.4, 0.5) is 9.18 Å². The van der Waals surface area contributed by atoms with Crippen molar-refractivity contribution < 1.29 is 23.8 Å². The van der Waals surface area contributed by atoms with Gasteiger partial charge >= 0.3 is 12.0 Å². The molecule has 0 unspecified atom stereocenters. The summed E-state index contributed by atoms with van der Waals surface area (Å²) >= 11 is 0. The molecule has 2 rings (SSSR count). The van der Waals surface area contributed by atoms with Gasteiger partial charge in [0.2, 0.25) is 0 Å². The van der Waals surface area contributed by atoms with Gasteiger partial charge in [-0.15, -0.1) is 0 Å². The Kier molecular flexibility index (Phi) is 4.13. The van der Waals surface area contributed by atoms with Crippen molar-refractivity contribution in [2.45, 2.75) is 25.6 Å². The fraction of sp³-hybridized carbons (Fsp3) is 0.429. The average Bonchev–Trinajstić information content (AvgIpc) is 2.37. The Morgan fingerprint density at radius 2 is 2.05 bits per heavy atom. The lowest BCUT2D eigenvalue weighted by atomic mass is 9.83. The van der Waals surface area contributed by atoms with Crippen LogP contribution in [0.2, 0.25) is 0 Å². The van der Waals surface area contributed by atoms with Crippen LogP contribution < -0.4 is 10.6 Å². The fourth-order valence-corrected chi connectivity index (χ4v) is 2.44. The standard InChI is InChI=1S/C14H17FN2O4/c1-3-21-12(18)10-11(8-4-6-9(15)7-5-8)16-13(19)17-14(10,2)20/h4-7,10-11,20H,3H2,1-2H3,(H2,16,17,19)/t10-,11+,14+/m0/s1. The summed E-state index contributed by atoms with van der Waals surface area (Å²) in [5.41, 5.74) is -1.27. The maximum Gasteiger partial charge on any atom is 0.317 e. The van der Waals surface area contributed by atoms with Crippen molar-refractivity contribution in [3.05, 3.63) is 35.6 Å². The van der Waals surface area contributed by atoms with E-state index < -0.39 is 35.5 Å². The number of aliphatic hydroxyl groups is 1. The van der Waals surface area contributed by atoms with Crippen LogP contribution in [0, 0.1) is 11.7 Å². The molecule has 7 heteroatoms. The highest BCUT2D eigenvalue weighted by Gasteiger charge is 2.49. The molecule has 1 fully saturated rings. The zero-order valence-electron chi connectivity index (χ0n) is 11.7. The number of esters is 1. The van der Waals surface area contributed by atoms with Crippen LogP contribution in [0.1, 0.15) is 25.5 Å². The molecule has 1 aromatic carbocycles. The Hall–Kier alpha value is -2.15. The summed E-state index contributed by atoms with van der Waals surface area (Å²) in [6.45, 7) is 3.12. The zero-order chi connectivity index (χ0) is 15.6. The Morgan fingerprint density at radius 3 is 2.62 bits per heavy atom. The molecule has 1 aromatic rings. The first-order chi connectivity index (χ1) is 9.85. The molecule has 1 saturated heterocycles. The van der Waals surface area contributed by atoms with Crippen molar-refractivity contribution in [3.8, 4) is 0 Å². The third-order valence-electron chi connectivity index (χ3n) is 3.36. The summed E-state index contributed by atoms with van der Waals surface area (Å²) in [6, 6.07) is 3.92. The topological polar surface area (TPSA) is 87.7 Å². The summed E-state index contributed by atoms with van der Waals surface area (Å²) in [5, 5.41) is 15.2. The van der Waals surface area contributed by atoms with Crippen molar-refractivity contribution in [2.24, 2.45) is 5.92 Å². The monoisotopic (exact) mass is 296 g/mol. The van der Waals surface area contributed by atoms with Crippen LogP contribution >= 0.6 is 0 Å². The van der Waals surface area contributed by atoms with E-state index in [1.165, 1.54) is 31.2 Å². The largest absolute Gasteiger partial charge is 0.466 e. The van der Waals surface area contributed by atoms with Gasteiger partial charge in [-0.1, -0.05) is 12.1 Å². The first-order valence-corrected chi connectivity index (χ1v) is 6.58. The van der Waals surface area contributed by atoms with E-state index in [2.05, 4.69) is 10.6 Å². The number of hydrogen-bond acceptors (Lipinski definition) is 4. The number of nitrogens with one attached hydrogen (secondary N) is 2. The van der Waals surface area contributed by atoms with Gasteiger partial charge < -0.3 is 20.5 Å². The van der Waals surface area contributed by atoms with Gasteiger partial charge in [-0.25, -0.2) is 9.18 Å². The van der Waals surface area contributed by atoms with E-state index in [1.54, 1.807) is 6.92 Å². The van der Waals surface area contributed by atoms with Gasteiger partial charge in [0.25, 0.3) is 0 Å². The van der Waals surface area contributed by atoms with Crippen LogP contribution in [0.25, 0.3) is 0 Å². The Balaban J connectivity index is 2.40. The summed E-state index contributed by atoms with van der Waals surface area (Å²) in [6.07, 6.45) is 0. The van der Waals surface area contributed by atoms with Crippen LogP contribution in [0.15, 0.2) is 24.3 Å². The highest BCUT2D eigenvalue weighted by molar-refractivity contribution is 5.82. The quantitative estimate of drug-likeness (QED) is 0.728. The van der Waals surface area contributed by atoms with Crippen molar-refractivity contribution in [2.75, 3.05) is 6.61 Å². The minimum atomic E-state index is -1.77. The maximum absolute atomic E-state index is 13.0. The first-order valence-electron chi connectivity index (χ1n) is 6.58. The molecule has 6 nitrogen and oxygen atoms in total. The van der Waals surface area contributed by atoms with Crippen molar-refractivity contribution in [1.82, 2.24) is 10.6 Å². The molecule has 3 N–H and O–H groups in total. The lowest BCUT2D eigenvalue weighted by Crippen LogP contribution is -2.65. The second-order valence-electron chi connectivity index (χ2n) is 5.00. The second kappa shape index (κ2) is 5.69. The van der Waals surface area contributed by atoms with Crippen LogP contribution in [0.5, 0.6) is 0 Å². The van der Waals surface area contributed by atoms with E-state index in [-0.39, 0.29) is 6.61 Å². The number of halogens is 1. The zero-order valence-corrected chi connectivity index (χ0v) is 11.7. The van der Waals surface area contributed by atoms with Crippen molar-refractivity contribution in [3.63, 3.8) is 0 Å². The highest BCUT2D eigenvalue weighted by Crippen LogP contribution is 2.33. The maximum atomic E-state index is 13.0. The van der Waals surface area contributed by atoms with Gasteiger partial charge in [-0.2, -0.15) is 0 Å². The number of rotatable bonds is 3. The highest BCUT2D eigenvalue weighted by atomic mass is 19.1. The van der Waals surface area contributed by atoms with Gasteiger partial charge in [-0.3, -0.25) is 4.79 Å². The van der Waals surface area contributed by atoms with E-state index >= 15 is 0 Å². The van der Waals surface area contributed by atoms with E-state index in [1.807, 2.05) is 0 Å². The Bertz CT molecular complexity index is 544. The molecular weight excluding hydrogens is 279 g/mol. The van der Waals surface area contributed by atoms with Gasteiger partial charge in [0.1, 0.15) is 11.7 Å². The smallest absolute Gasteiger partial charge is 0.317 e. The molecule has 0 bridgehead atoms. The summed E-state index contributed by atoms with van der Waals surface area (Å²) in [4.78, 5) is 23.8. The van der Waals surface area contributed by atoms with E-state index in [9.17, 15) is 19.1 Å². The van der Waals surface area contributed by atoms with Crippen molar-refractivity contribution >= 4 is 12.0 Å². The number of ether oxygens (including phenoxy) is 1. The predicted octanol–water partition coefficient (Wildman–Crippen LogP) is 1.07. The summed E-state index contributed by atoms with van der Waals surface area (Å²) in [7, 11) is 0. The summed E-state index contributed by atoms with van der Waals surface area (Å²) < 4.78 is 18.0. The molecular formula is C14H17FN2O4.